The summed E-state index contributed by atoms with van der Waals surface area (Å²) >= 11 is 6.14. The number of hydrogen-bond acceptors (Lipinski definition) is 10. The van der Waals surface area contributed by atoms with E-state index in [9.17, 15) is 27.6 Å². The first-order valence-corrected chi connectivity index (χ1v) is 21.1. The molecule has 3 heterocycles. The summed E-state index contributed by atoms with van der Waals surface area (Å²) < 4.78 is 35.9. The van der Waals surface area contributed by atoms with Gasteiger partial charge in [-0.1, -0.05) is 56.3 Å². The van der Waals surface area contributed by atoms with E-state index in [4.69, 9.17) is 16.3 Å². The Morgan fingerprint density at radius 1 is 0.944 bits per heavy atom. The highest BCUT2D eigenvalue weighted by molar-refractivity contribution is 7.89. The van der Waals surface area contributed by atoms with E-state index in [1.54, 1.807) is 23.1 Å². The standard InChI is InChI=1S/C38H52ClN7O7S/c1-2-6-31(35(47)37(49)41-29-13-14-29)42-36(48)32-25-46(18-17-45(32)24-26-9-11-28(39)12-10-26)38(50)34(27-7-4-3-5-8-27)43-54(51,52)30-15-16-33(40-23-30)44-19-21-53-22-20-44/h9-12,15-16,23,27,29,31-32,34,43H,2-8,13-14,17-22,24-25H2,1H3,(H,41,49)(H,42,48)/t31-,32+,34-/m0/s1. The molecular formula is C38H52ClN7O7S. The Morgan fingerprint density at radius 3 is 2.31 bits per heavy atom. The minimum absolute atomic E-state index is 0.00698. The molecule has 16 heteroatoms. The molecule has 2 saturated carbocycles. The van der Waals surface area contributed by atoms with Crippen molar-refractivity contribution in [1.82, 2.24) is 30.1 Å². The predicted octanol–water partition coefficient (Wildman–Crippen LogP) is 2.64. The number of Topliss-reactive ketones (excluding diaryl/α,β-unsaturated/α-hetero) is 1. The summed E-state index contributed by atoms with van der Waals surface area (Å²) in [7, 11) is -4.15. The summed E-state index contributed by atoms with van der Waals surface area (Å²) in [6, 6.07) is 7.53. The molecule has 0 bridgehead atoms. The lowest BCUT2D eigenvalue weighted by molar-refractivity contribution is -0.143. The van der Waals surface area contributed by atoms with Gasteiger partial charge in [-0.15, -0.1) is 0 Å². The molecule has 3 atom stereocenters. The molecular weight excluding hydrogens is 734 g/mol. The van der Waals surface area contributed by atoms with Gasteiger partial charge in [0.2, 0.25) is 27.6 Å². The Morgan fingerprint density at radius 2 is 1.67 bits per heavy atom. The number of nitrogens with one attached hydrogen (secondary N) is 3. The van der Waals surface area contributed by atoms with Crippen molar-refractivity contribution in [2.24, 2.45) is 5.92 Å². The highest BCUT2D eigenvalue weighted by atomic mass is 35.5. The molecule has 2 saturated heterocycles. The number of aromatic nitrogens is 1. The normalized spacial score (nSPS) is 21.3. The first kappa shape index (κ1) is 40.0. The topological polar surface area (TPSA) is 170 Å². The second-order valence-corrected chi connectivity index (χ2v) is 17.0. The number of ether oxygens (including phenoxy) is 1. The fourth-order valence-electron chi connectivity index (χ4n) is 7.51. The lowest BCUT2D eigenvalue weighted by Crippen LogP contribution is -2.64. The van der Waals surface area contributed by atoms with Gasteiger partial charge in [-0.3, -0.25) is 24.1 Å². The van der Waals surface area contributed by atoms with Gasteiger partial charge in [0.05, 0.1) is 19.3 Å². The largest absolute Gasteiger partial charge is 0.378 e. The lowest BCUT2D eigenvalue weighted by Gasteiger charge is -2.43. The Labute approximate surface area is 322 Å². The lowest BCUT2D eigenvalue weighted by atomic mass is 9.83. The van der Waals surface area contributed by atoms with Crippen molar-refractivity contribution >= 4 is 50.9 Å². The second kappa shape index (κ2) is 18.3. The highest BCUT2D eigenvalue weighted by Crippen LogP contribution is 2.30. The number of anilines is 1. The molecule has 0 radical (unpaired) electrons. The average Bonchev–Trinajstić information content (AvgIpc) is 4.02. The maximum atomic E-state index is 14.6. The van der Waals surface area contributed by atoms with Crippen molar-refractivity contribution < 1.29 is 32.3 Å². The molecule has 54 heavy (non-hydrogen) atoms. The molecule has 2 aromatic rings. The third kappa shape index (κ3) is 10.4. The number of morpholine rings is 1. The van der Waals surface area contributed by atoms with Crippen LogP contribution < -0.4 is 20.3 Å². The SMILES string of the molecule is CCC[C@H](NC(=O)[C@H]1CN(C(=O)[C@@H](NS(=O)(=O)c2ccc(N3CCOCC3)nc2)C2CCCCC2)CCN1Cc1ccc(Cl)cc1)C(=O)C(=O)NC1CC1. The Bertz CT molecular complexity index is 1730. The Balaban J connectivity index is 1.22. The Hall–Kier alpha value is -3.63. The van der Waals surface area contributed by atoms with Crippen LogP contribution in [0.15, 0.2) is 47.5 Å². The third-order valence-corrected chi connectivity index (χ3v) is 12.5. The molecule has 0 spiro atoms. The number of nitrogens with zero attached hydrogens (tertiary/aromatic N) is 4. The first-order valence-electron chi connectivity index (χ1n) is 19.3. The zero-order valence-corrected chi connectivity index (χ0v) is 32.5. The molecule has 3 amide bonds. The van der Waals surface area contributed by atoms with Crippen LogP contribution in [0.1, 0.15) is 70.3 Å². The van der Waals surface area contributed by atoms with Gasteiger partial charge in [0.25, 0.3) is 5.91 Å². The van der Waals surface area contributed by atoms with E-state index in [1.807, 2.05) is 28.9 Å². The van der Waals surface area contributed by atoms with Crippen LogP contribution in [0.2, 0.25) is 5.02 Å². The molecule has 4 fully saturated rings. The number of pyridine rings is 1. The molecule has 1 aromatic heterocycles. The van der Waals surface area contributed by atoms with Crippen molar-refractivity contribution in [3.05, 3.63) is 53.2 Å². The number of rotatable bonds is 15. The molecule has 0 unspecified atom stereocenters. The van der Waals surface area contributed by atoms with Crippen LogP contribution >= 0.6 is 11.6 Å². The Kier molecular flexibility index (Phi) is 13.6. The molecule has 3 N–H and O–H groups in total. The summed E-state index contributed by atoms with van der Waals surface area (Å²) in [6.45, 7) is 5.26. The van der Waals surface area contributed by atoms with Crippen LogP contribution in [0.25, 0.3) is 0 Å². The van der Waals surface area contributed by atoms with Crippen LogP contribution in [-0.2, 0) is 40.5 Å². The number of benzene rings is 1. The van der Waals surface area contributed by atoms with Crippen LogP contribution in [0.3, 0.4) is 0 Å². The summed E-state index contributed by atoms with van der Waals surface area (Å²) in [5.41, 5.74) is 0.906. The van der Waals surface area contributed by atoms with E-state index in [-0.39, 0.29) is 36.4 Å². The molecule has 6 rings (SSSR count). The van der Waals surface area contributed by atoms with Crippen molar-refractivity contribution in [2.75, 3.05) is 50.8 Å². The number of halogens is 1. The molecule has 14 nitrogen and oxygen atoms in total. The maximum absolute atomic E-state index is 14.6. The summed E-state index contributed by atoms with van der Waals surface area (Å²) in [6.07, 6.45) is 7.98. The fraction of sp³-hybridized carbons (Fsp3) is 0.605. The zero-order valence-electron chi connectivity index (χ0n) is 30.9. The minimum atomic E-state index is -4.15. The van der Waals surface area contributed by atoms with Gasteiger partial charge in [0.15, 0.2) is 0 Å². The van der Waals surface area contributed by atoms with Gasteiger partial charge in [0.1, 0.15) is 22.8 Å². The molecule has 1 aromatic carbocycles. The van der Waals surface area contributed by atoms with Gasteiger partial charge in [-0.05, 0) is 67.9 Å². The highest BCUT2D eigenvalue weighted by Gasteiger charge is 2.42. The second-order valence-electron chi connectivity index (χ2n) is 14.8. The van der Waals surface area contributed by atoms with Crippen LogP contribution in [0.4, 0.5) is 5.82 Å². The van der Waals surface area contributed by atoms with Gasteiger partial charge >= 0.3 is 0 Å². The van der Waals surface area contributed by atoms with Gasteiger partial charge in [-0.25, -0.2) is 13.4 Å². The number of piperazine rings is 1. The van der Waals surface area contributed by atoms with Crippen LogP contribution in [0.5, 0.6) is 0 Å². The first-order chi connectivity index (χ1) is 26.0. The minimum Gasteiger partial charge on any atom is -0.378 e. The van der Waals surface area contributed by atoms with E-state index in [0.717, 1.165) is 37.7 Å². The van der Waals surface area contributed by atoms with E-state index in [0.29, 0.717) is 69.5 Å². The fourth-order valence-corrected chi connectivity index (χ4v) is 8.84. The van der Waals surface area contributed by atoms with Gasteiger partial charge < -0.3 is 25.2 Å². The van der Waals surface area contributed by atoms with Crippen LogP contribution in [-0.4, -0.2) is 117 Å². The quantitative estimate of drug-likeness (QED) is 0.228. The summed E-state index contributed by atoms with van der Waals surface area (Å²) in [5.74, 6) is -1.83. The van der Waals surface area contributed by atoms with E-state index in [1.165, 1.54) is 12.3 Å². The molecule has 2 aliphatic heterocycles. The van der Waals surface area contributed by atoms with Crippen molar-refractivity contribution in [2.45, 2.75) is 100 Å². The number of ketones is 1. The van der Waals surface area contributed by atoms with Gasteiger partial charge in [-0.2, -0.15) is 4.72 Å². The van der Waals surface area contributed by atoms with Gasteiger partial charge in [0, 0.05) is 56.5 Å². The number of sulfonamides is 1. The number of carbonyl (C=O) groups excluding carboxylic acids is 4. The molecule has 2 aliphatic carbocycles. The molecule has 294 valence electrons. The monoisotopic (exact) mass is 785 g/mol. The van der Waals surface area contributed by atoms with E-state index < -0.39 is 51.7 Å². The van der Waals surface area contributed by atoms with E-state index in [2.05, 4.69) is 20.3 Å². The number of hydrogen-bond donors (Lipinski definition) is 3. The van der Waals surface area contributed by atoms with Crippen LogP contribution in [0, 0.1) is 5.92 Å². The maximum Gasteiger partial charge on any atom is 0.289 e. The predicted molar refractivity (Wildman–Crippen MR) is 203 cm³/mol. The number of amides is 3. The van der Waals surface area contributed by atoms with Crippen molar-refractivity contribution in [3.8, 4) is 0 Å². The number of carbonyl (C=O) groups is 4. The van der Waals surface area contributed by atoms with Crippen molar-refractivity contribution in [3.63, 3.8) is 0 Å². The average molecular weight is 786 g/mol. The summed E-state index contributed by atoms with van der Waals surface area (Å²) in [5, 5.41) is 6.15. The molecule has 4 aliphatic rings. The summed E-state index contributed by atoms with van der Waals surface area (Å²) in [4.78, 5) is 64.6. The smallest absolute Gasteiger partial charge is 0.289 e. The zero-order chi connectivity index (χ0) is 38.2. The van der Waals surface area contributed by atoms with Crippen molar-refractivity contribution in [1.29, 1.82) is 0 Å². The third-order valence-electron chi connectivity index (χ3n) is 10.8. The van der Waals surface area contributed by atoms with E-state index >= 15 is 0 Å².